The quantitative estimate of drug-likeness (QED) is 0.798. The molecule has 0 saturated carbocycles. The second-order valence-corrected chi connectivity index (χ2v) is 4.50. The van der Waals surface area contributed by atoms with Gasteiger partial charge in [0.15, 0.2) is 5.82 Å². The number of rotatable bonds is 3. The van der Waals surface area contributed by atoms with Gasteiger partial charge in [-0.05, 0) is 6.42 Å². The zero-order valence-electron chi connectivity index (χ0n) is 9.41. The van der Waals surface area contributed by atoms with Crippen molar-refractivity contribution in [1.82, 2.24) is 14.8 Å². The molecule has 0 unspecified atom stereocenters. The van der Waals surface area contributed by atoms with E-state index in [-0.39, 0.29) is 12.0 Å². The lowest BCUT2D eigenvalue weighted by Crippen LogP contribution is -2.20. The number of aliphatic hydroxyl groups is 1. The molecule has 1 aromatic rings. The number of hydrogen-bond acceptors (Lipinski definition) is 3. The predicted octanol–water partition coefficient (Wildman–Crippen LogP) is 1.48. The topological polar surface area (TPSA) is 50.9 Å². The lowest BCUT2D eigenvalue weighted by molar-refractivity contribution is 0.263. The number of aliphatic hydroxyl groups excluding tert-OH is 1. The maximum absolute atomic E-state index is 9.10. The smallest absolute Gasteiger partial charge is 0.158 e. The minimum Gasteiger partial charge on any atom is -0.388 e. The summed E-state index contributed by atoms with van der Waals surface area (Å²) in [5.74, 6) is 1.61. The molecule has 0 radical (unpaired) electrons. The van der Waals surface area contributed by atoms with E-state index in [1.165, 1.54) is 0 Å². The molecule has 1 heterocycles. The highest BCUT2D eigenvalue weighted by Gasteiger charge is 2.22. The molecule has 1 N–H and O–H groups in total. The minimum atomic E-state index is -0.0386. The summed E-state index contributed by atoms with van der Waals surface area (Å²) < 4.78 is 2.01. The van der Waals surface area contributed by atoms with Gasteiger partial charge in [0.1, 0.15) is 12.4 Å². The highest BCUT2D eigenvalue weighted by molar-refractivity contribution is 5.05. The number of hydrogen-bond donors (Lipinski definition) is 1. The van der Waals surface area contributed by atoms with E-state index in [0.29, 0.717) is 5.82 Å². The Bertz CT molecular complexity index is 299. The summed E-state index contributed by atoms with van der Waals surface area (Å²) in [6, 6.07) is 0. The van der Waals surface area contributed by atoms with Crippen LogP contribution in [0, 0.1) is 0 Å². The third-order valence-electron chi connectivity index (χ3n) is 2.09. The third kappa shape index (κ3) is 2.12. The van der Waals surface area contributed by atoms with Gasteiger partial charge in [0, 0.05) is 12.0 Å². The van der Waals surface area contributed by atoms with Gasteiger partial charge in [-0.3, -0.25) is 0 Å². The largest absolute Gasteiger partial charge is 0.388 e. The van der Waals surface area contributed by atoms with Crippen LogP contribution in [-0.4, -0.2) is 19.9 Å². The molecule has 0 bridgehead atoms. The Hall–Kier alpha value is -0.900. The minimum absolute atomic E-state index is 0.0183. The van der Waals surface area contributed by atoms with Gasteiger partial charge in [-0.1, -0.05) is 27.7 Å². The lowest BCUT2D eigenvalue weighted by Gasteiger charge is -2.19. The van der Waals surface area contributed by atoms with E-state index >= 15 is 0 Å². The summed E-state index contributed by atoms with van der Waals surface area (Å²) in [7, 11) is 0. The van der Waals surface area contributed by atoms with Gasteiger partial charge >= 0.3 is 0 Å². The Labute approximate surface area is 85.0 Å². The molecule has 4 heteroatoms. The maximum atomic E-state index is 9.10. The summed E-state index contributed by atoms with van der Waals surface area (Å²) >= 11 is 0. The highest BCUT2D eigenvalue weighted by atomic mass is 16.3. The van der Waals surface area contributed by atoms with Gasteiger partial charge in [-0.2, -0.15) is 0 Å². The average molecular weight is 197 g/mol. The van der Waals surface area contributed by atoms with Crippen molar-refractivity contribution in [3.05, 3.63) is 11.6 Å². The second kappa shape index (κ2) is 4.09. The standard InChI is InChI=1S/C10H19N3O/c1-5-6-13-8(7-14)11-12-9(13)10(2,3)4/h14H,5-7H2,1-4H3. The van der Waals surface area contributed by atoms with Crippen molar-refractivity contribution in [2.24, 2.45) is 0 Å². The van der Waals surface area contributed by atoms with Gasteiger partial charge in [0.05, 0.1) is 0 Å². The van der Waals surface area contributed by atoms with Gasteiger partial charge in [0.25, 0.3) is 0 Å². The van der Waals surface area contributed by atoms with E-state index in [1.54, 1.807) is 0 Å². The Kier molecular flexibility index (Phi) is 3.26. The molecule has 0 fully saturated rings. The van der Waals surface area contributed by atoms with Crippen LogP contribution in [0.4, 0.5) is 0 Å². The van der Waals surface area contributed by atoms with Crippen molar-refractivity contribution in [2.45, 2.75) is 52.7 Å². The van der Waals surface area contributed by atoms with Crippen molar-refractivity contribution in [3.8, 4) is 0 Å². The summed E-state index contributed by atoms with van der Waals surface area (Å²) in [5, 5.41) is 17.2. The van der Waals surface area contributed by atoms with E-state index in [1.807, 2.05) is 4.57 Å². The molecule has 0 saturated heterocycles. The van der Waals surface area contributed by atoms with Crippen molar-refractivity contribution < 1.29 is 5.11 Å². The first-order valence-electron chi connectivity index (χ1n) is 5.04. The van der Waals surface area contributed by atoms with Gasteiger partial charge < -0.3 is 9.67 Å². The fourth-order valence-corrected chi connectivity index (χ4v) is 1.47. The van der Waals surface area contributed by atoms with E-state index in [4.69, 9.17) is 5.11 Å². The molecule has 0 aliphatic carbocycles. The zero-order valence-corrected chi connectivity index (χ0v) is 9.41. The lowest BCUT2D eigenvalue weighted by atomic mass is 9.95. The van der Waals surface area contributed by atoms with Crippen LogP contribution in [-0.2, 0) is 18.6 Å². The van der Waals surface area contributed by atoms with Crippen LogP contribution in [0.5, 0.6) is 0 Å². The molecule has 1 aromatic heterocycles. The fourth-order valence-electron chi connectivity index (χ4n) is 1.47. The molecule has 0 atom stereocenters. The van der Waals surface area contributed by atoms with E-state index in [2.05, 4.69) is 37.9 Å². The molecule has 0 spiro atoms. The van der Waals surface area contributed by atoms with Crippen LogP contribution in [0.3, 0.4) is 0 Å². The molecular formula is C10H19N3O. The second-order valence-electron chi connectivity index (χ2n) is 4.50. The predicted molar refractivity (Wildman–Crippen MR) is 54.9 cm³/mol. The summed E-state index contributed by atoms with van der Waals surface area (Å²) in [4.78, 5) is 0. The summed E-state index contributed by atoms with van der Waals surface area (Å²) in [6.07, 6.45) is 1.02. The highest BCUT2D eigenvalue weighted by Crippen LogP contribution is 2.21. The molecule has 80 valence electrons. The van der Waals surface area contributed by atoms with Crippen LogP contribution in [0.25, 0.3) is 0 Å². The van der Waals surface area contributed by atoms with E-state index in [9.17, 15) is 0 Å². The van der Waals surface area contributed by atoms with Gasteiger partial charge in [0.2, 0.25) is 0 Å². The van der Waals surface area contributed by atoms with Crippen LogP contribution >= 0.6 is 0 Å². The molecule has 0 aliphatic heterocycles. The Balaban J connectivity index is 3.10. The SMILES string of the molecule is CCCn1c(CO)nnc1C(C)(C)C. The van der Waals surface area contributed by atoms with E-state index in [0.717, 1.165) is 18.8 Å². The molecular weight excluding hydrogens is 178 g/mol. The molecule has 0 amide bonds. The van der Waals surface area contributed by atoms with E-state index < -0.39 is 0 Å². The first-order valence-corrected chi connectivity index (χ1v) is 5.04. The van der Waals surface area contributed by atoms with Crippen LogP contribution in [0.2, 0.25) is 0 Å². The molecule has 4 nitrogen and oxygen atoms in total. The average Bonchev–Trinajstić information content (AvgIpc) is 2.47. The van der Waals surface area contributed by atoms with Crippen LogP contribution in [0.1, 0.15) is 45.8 Å². The monoisotopic (exact) mass is 197 g/mol. The van der Waals surface area contributed by atoms with Gasteiger partial charge in [-0.25, -0.2) is 0 Å². The normalized spacial score (nSPS) is 12.1. The maximum Gasteiger partial charge on any atom is 0.158 e. The van der Waals surface area contributed by atoms with Crippen molar-refractivity contribution in [1.29, 1.82) is 0 Å². The first kappa shape index (κ1) is 11.2. The Morgan fingerprint density at radius 2 is 1.93 bits per heavy atom. The fraction of sp³-hybridized carbons (Fsp3) is 0.800. The van der Waals surface area contributed by atoms with Crippen LogP contribution in [0.15, 0.2) is 0 Å². The molecule has 0 aliphatic rings. The van der Waals surface area contributed by atoms with Crippen molar-refractivity contribution >= 4 is 0 Å². The van der Waals surface area contributed by atoms with Crippen LogP contribution < -0.4 is 0 Å². The summed E-state index contributed by atoms with van der Waals surface area (Å²) in [6.45, 7) is 9.24. The molecule has 0 aromatic carbocycles. The van der Waals surface area contributed by atoms with Gasteiger partial charge in [-0.15, -0.1) is 10.2 Å². The molecule has 1 rings (SSSR count). The van der Waals surface area contributed by atoms with Crippen molar-refractivity contribution in [3.63, 3.8) is 0 Å². The Morgan fingerprint density at radius 3 is 2.36 bits per heavy atom. The number of nitrogens with zero attached hydrogens (tertiary/aromatic N) is 3. The first-order chi connectivity index (χ1) is 6.50. The summed E-state index contributed by atoms with van der Waals surface area (Å²) in [5.41, 5.74) is -0.0183. The Morgan fingerprint density at radius 1 is 1.29 bits per heavy atom. The third-order valence-corrected chi connectivity index (χ3v) is 2.09. The van der Waals surface area contributed by atoms with Crippen molar-refractivity contribution in [2.75, 3.05) is 0 Å². The molecule has 14 heavy (non-hydrogen) atoms. The number of aromatic nitrogens is 3. The zero-order chi connectivity index (χ0) is 10.8.